The molecule has 6 rings (SSSR count). The average Bonchev–Trinajstić information content (AvgIpc) is 3.60. The molecule has 3 aromatic carbocycles. The van der Waals surface area contributed by atoms with Crippen molar-refractivity contribution >= 4 is 29.0 Å². The molecule has 0 unspecified atom stereocenters. The van der Waals surface area contributed by atoms with Crippen LogP contribution in [0.3, 0.4) is 0 Å². The molecule has 1 fully saturated rings. The van der Waals surface area contributed by atoms with Gasteiger partial charge < -0.3 is 24.5 Å². The Morgan fingerprint density at radius 2 is 1.77 bits per heavy atom. The van der Waals surface area contributed by atoms with Crippen molar-refractivity contribution < 1.29 is 19.1 Å². The number of furan rings is 1. The lowest BCUT2D eigenvalue weighted by Crippen LogP contribution is -2.29. The van der Waals surface area contributed by atoms with Crippen molar-refractivity contribution in [1.29, 1.82) is 0 Å². The number of hydrogen-bond donors (Lipinski definition) is 2. The number of rotatable bonds is 7. The highest BCUT2D eigenvalue weighted by Gasteiger charge is 2.42. The summed E-state index contributed by atoms with van der Waals surface area (Å²) in [7, 11) is 0. The van der Waals surface area contributed by atoms with Gasteiger partial charge in [0.25, 0.3) is 0 Å². The van der Waals surface area contributed by atoms with Crippen LogP contribution < -0.4 is 15.0 Å². The molecule has 0 aliphatic carbocycles. The van der Waals surface area contributed by atoms with Crippen LogP contribution in [-0.2, 0) is 0 Å². The monoisotopic (exact) mass is 547 g/mol. The van der Waals surface area contributed by atoms with Crippen LogP contribution >= 0.6 is 12.2 Å². The van der Waals surface area contributed by atoms with Crippen molar-refractivity contribution in [2.45, 2.75) is 19.0 Å². The van der Waals surface area contributed by atoms with Crippen LogP contribution in [0.25, 0.3) is 11.3 Å². The van der Waals surface area contributed by atoms with Gasteiger partial charge in [-0.15, -0.1) is 0 Å². The van der Waals surface area contributed by atoms with E-state index in [0.29, 0.717) is 27.9 Å². The van der Waals surface area contributed by atoms with Gasteiger partial charge in [-0.05, 0) is 91.4 Å². The molecule has 5 aromatic rings. The molecule has 0 bridgehead atoms. The fourth-order valence-corrected chi connectivity index (χ4v) is 5.21. The van der Waals surface area contributed by atoms with Crippen LogP contribution in [0.4, 0.5) is 5.69 Å². The summed E-state index contributed by atoms with van der Waals surface area (Å²) in [5.74, 6) is 1.76. The molecule has 2 atom stereocenters. The number of anilines is 1. The van der Waals surface area contributed by atoms with E-state index in [4.69, 9.17) is 21.4 Å². The number of aromatic nitrogens is 1. The highest BCUT2D eigenvalue weighted by molar-refractivity contribution is 7.80. The summed E-state index contributed by atoms with van der Waals surface area (Å²) in [6, 6.07) is 31.2. The van der Waals surface area contributed by atoms with E-state index in [9.17, 15) is 9.90 Å². The molecule has 1 aliphatic heterocycles. The number of carboxylic acids is 1. The summed E-state index contributed by atoms with van der Waals surface area (Å²) in [4.78, 5) is 18.1. The van der Waals surface area contributed by atoms with Crippen LogP contribution in [0.15, 0.2) is 114 Å². The summed E-state index contributed by atoms with van der Waals surface area (Å²) in [6.07, 6.45) is 1.75. The Balaban J connectivity index is 1.36. The van der Waals surface area contributed by atoms with E-state index in [2.05, 4.69) is 10.3 Å². The molecule has 0 spiro atoms. The maximum atomic E-state index is 11.5. The smallest absolute Gasteiger partial charge is 0.335 e. The first kappa shape index (κ1) is 25.3. The van der Waals surface area contributed by atoms with Crippen LogP contribution in [0.5, 0.6) is 11.5 Å². The van der Waals surface area contributed by atoms with E-state index in [1.807, 2.05) is 96.8 Å². The fourth-order valence-electron chi connectivity index (χ4n) is 4.87. The highest BCUT2D eigenvalue weighted by Crippen LogP contribution is 2.43. The van der Waals surface area contributed by atoms with E-state index < -0.39 is 5.97 Å². The van der Waals surface area contributed by atoms with E-state index in [0.717, 1.165) is 22.7 Å². The minimum atomic E-state index is -0.991. The largest absolute Gasteiger partial charge is 0.478 e. The molecule has 8 heteroatoms. The van der Waals surface area contributed by atoms with Gasteiger partial charge in [0.2, 0.25) is 0 Å². The van der Waals surface area contributed by atoms with Gasteiger partial charge in [0.05, 0.1) is 17.3 Å². The quantitative estimate of drug-likeness (QED) is 0.205. The van der Waals surface area contributed by atoms with Crippen LogP contribution in [0.1, 0.15) is 39.5 Å². The van der Waals surface area contributed by atoms with Crippen molar-refractivity contribution in [2.24, 2.45) is 0 Å². The first-order valence-electron chi connectivity index (χ1n) is 12.8. The number of carbonyl (C=O) groups is 1. The summed E-state index contributed by atoms with van der Waals surface area (Å²) >= 11 is 5.83. The number of nitrogens with one attached hydrogen (secondary N) is 1. The third-order valence-electron chi connectivity index (χ3n) is 6.85. The number of benzene rings is 3. The van der Waals surface area contributed by atoms with Crippen molar-refractivity contribution in [1.82, 2.24) is 10.3 Å². The SMILES string of the molecule is Cc1ccccc1Oc1ccc(N2C(=S)N[C@@H](c3ccccn3)[C@@H]2c2ccc(-c3cccc(C(=O)O)c3)o2)cc1. The van der Waals surface area contributed by atoms with E-state index in [-0.39, 0.29) is 17.6 Å². The Hall–Kier alpha value is -4.95. The zero-order valence-corrected chi connectivity index (χ0v) is 22.3. The summed E-state index contributed by atoms with van der Waals surface area (Å²) in [6.45, 7) is 2.01. The Bertz CT molecular complexity index is 1680. The number of pyridine rings is 1. The summed E-state index contributed by atoms with van der Waals surface area (Å²) in [5.41, 5.74) is 3.61. The molecular weight excluding hydrogens is 522 g/mol. The van der Waals surface area contributed by atoms with Gasteiger partial charge in [0.15, 0.2) is 5.11 Å². The number of aryl methyl sites for hydroxylation is 1. The molecule has 0 saturated carbocycles. The molecule has 0 radical (unpaired) electrons. The van der Waals surface area contributed by atoms with E-state index in [1.165, 1.54) is 0 Å². The Morgan fingerprint density at radius 1 is 0.975 bits per heavy atom. The minimum Gasteiger partial charge on any atom is -0.478 e. The lowest BCUT2D eigenvalue weighted by atomic mass is 10.0. The van der Waals surface area contributed by atoms with Gasteiger partial charge >= 0.3 is 5.97 Å². The second kappa shape index (κ2) is 10.7. The number of aromatic carboxylic acids is 1. The van der Waals surface area contributed by atoms with Gasteiger partial charge in [0.1, 0.15) is 29.1 Å². The van der Waals surface area contributed by atoms with Gasteiger partial charge in [0, 0.05) is 17.4 Å². The molecule has 40 heavy (non-hydrogen) atoms. The second-order valence-corrected chi connectivity index (χ2v) is 9.83. The molecule has 2 aromatic heterocycles. The molecular formula is C32H25N3O4S. The van der Waals surface area contributed by atoms with Crippen LogP contribution in [-0.4, -0.2) is 21.2 Å². The third kappa shape index (κ3) is 4.92. The standard InChI is InChI=1S/C32H25N3O4S/c1-20-7-2-3-11-26(20)38-24-14-12-23(13-15-24)35-30(29(34-32(35)40)25-10-4-5-18-33-25)28-17-16-27(39-28)21-8-6-9-22(19-21)31(36)37/h2-19,29-30H,1H3,(H,34,40)(H,36,37)/t29-,30-/m0/s1. The number of carboxylic acid groups (broad SMARTS) is 1. The minimum absolute atomic E-state index is 0.195. The van der Waals surface area contributed by atoms with Crippen molar-refractivity contribution in [3.8, 4) is 22.8 Å². The number of hydrogen-bond acceptors (Lipinski definition) is 5. The third-order valence-corrected chi connectivity index (χ3v) is 7.16. The first-order chi connectivity index (χ1) is 19.5. The molecule has 198 valence electrons. The lowest BCUT2D eigenvalue weighted by molar-refractivity contribution is 0.0697. The van der Waals surface area contributed by atoms with Crippen molar-refractivity contribution in [3.63, 3.8) is 0 Å². The predicted octanol–water partition coefficient (Wildman–Crippen LogP) is 7.32. The maximum absolute atomic E-state index is 11.5. The maximum Gasteiger partial charge on any atom is 0.335 e. The van der Waals surface area contributed by atoms with Gasteiger partial charge in [-0.25, -0.2) is 4.79 Å². The second-order valence-electron chi connectivity index (χ2n) is 9.45. The lowest BCUT2D eigenvalue weighted by Gasteiger charge is -2.26. The van der Waals surface area contributed by atoms with Crippen LogP contribution in [0, 0.1) is 6.92 Å². The normalized spacial score (nSPS) is 16.5. The average molecular weight is 548 g/mol. The molecule has 0 amide bonds. The number of nitrogens with zero attached hydrogens (tertiary/aromatic N) is 2. The van der Waals surface area contributed by atoms with Crippen molar-refractivity contribution in [2.75, 3.05) is 4.90 Å². The summed E-state index contributed by atoms with van der Waals surface area (Å²) in [5, 5.41) is 13.4. The topological polar surface area (TPSA) is 87.8 Å². The van der Waals surface area contributed by atoms with E-state index >= 15 is 0 Å². The number of ether oxygens (including phenoxy) is 1. The van der Waals surface area contributed by atoms with Gasteiger partial charge in [-0.2, -0.15) is 0 Å². The Morgan fingerprint density at radius 3 is 2.52 bits per heavy atom. The van der Waals surface area contributed by atoms with E-state index in [1.54, 1.807) is 24.4 Å². The molecule has 1 saturated heterocycles. The van der Waals surface area contributed by atoms with Gasteiger partial charge in [-0.1, -0.05) is 36.4 Å². The Kier molecular flexibility index (Phi) is 6.76. The molecule has 2 N–H and O–H groups in total. The van der Waals surface area contributed by atoms with Gasteiger partial charge in [-0.3, -0.25) is 4.98 Å². The molecule has 1 aliphatic rings. The summed E-state index contributed by atoms with van der Waals surface area (Å²) < 4.78 is 12.5. The zero-order valence-electron chi connectivity index (χ0n) is 21.5. The molecule has 7 nitrogen and oxygen atoms in total. The Labute approximate surface area is 236 Å². The molecule has 3 heterocycles. The van der Waals surface area contributed by atoms with Crippen molar-refractivity contribution in [3.05, 3.63) is 132 Å². The fraction of sp³-hybridized carbons (Fsp3) is 0.0938. The zero-order chi connectivity index (χ0) is 27.6. The predicted molar refractivity (Wildman–Crippen MR) is 157 cm³/mol. The highest BCUT2D eigenvalue weighted by atomic mass is 32.1. The number of para-hydroxylation sites is 1. The van der Waals surface area contributed by atoms with Crippen LogP contribution in [0.2, 0.25) is 0 Å². The first-order valence-corrected chi connectivity index (χ1v) is 13.2. The number of thiocarbonyl (C=S) groups is 1.